The van der Waals surface area contributed by atoms with Crippen LogP contribution in [0.5, 0.6) is 11.5 Å². The second-order valence-electron chi connectivity index (χ2n) is 6.08. The van der Waals surface area contributed by atoms with Gasteiger partial charge < -0.3 is 9.05 Å². The van der Waals surface area contributed by atoms with E-state index in [0.29, 0.717) is 6.42 Å². The molecule has 0 spiro atoms. The summed E-state index contributed by atoms with van der Waals surface area (Å²) in [5, 5.41) is 21.5. The monoisotopic (exact) mass is 408 g/mol. The molecule has 0 amide bonds. The van der Waals surface area contributed by atoms with Gasteiger partial charge in [-0.15, -0.1) is 0 Å². The van der Waals surface area contributed by atoms with Gasteiger partial charge in [-0.2, -0.15) is 0 Å². The van der Waals surface area contributed by atoms with Gasteiger partial charge in [0.05, 0.1) is 16.0 Å². The molecule has 0 saturated heterocycles. The summed E-state index contributed by atoms with van der Waals surface area (Å²) in [5.41, 5.74) is -0.220. The Morgan fingerprint density at radius 3 is 1.57 bits per heavy atom. The van der Waals surface area contributed by atoms with E-state index in [1.54, 1.807) is 0 Å². The second kappa shape index (κ2) is 9.85. The molecule has 2 aromatic carbocycles. The molecule has 28 heavy (non-hydrogen) atoms. The lowest BCUT2D eigenvalue weighted by Crippen LogP contribution is -2.05. The number of nitro benzene ring substituents is 2. The lowest BCUT2D eigenvalue weighted by Gasteiger charge is -2.20. The zero-order valence-electron chi connectivity index (χ0n) is 15.4. The molecule has 0 N–H and O–H groups in total. The van der Waals surface area contributed by atoms with Gasteiger partial charge in [-0.3, -0.25) is 20.2 Å². The lowest BCUT2D eigenvalue weighted by molar-refractivity contribution is -0.385. The minimum atomic E-state index is -3.62. The first-order valence-electron chi connectivity index (χ1n) is 8.80. The van der Waals surface area contributed by atoms with Gasteiger partial charge in [0.1, 0.15) is 11.5 Å². The fourth-order valence-corrected chi connectivity index (χ4v) is 4.14. The summed E-state index contributed by atoms with van der Waals surface area (Å²) in [6, 6.07) is 10.4. The molecule has 0 unspecified atom stereocenters. The largest absolute Gasteiger partial charge is 0.430 e. The van der Waals surface area contributed by atoms with Gasteiger partial charge in [0.2, 0.25) is 0 Å². The van der Waals surface area contributed by atoms with Crippen LogP contribution in [0.2, 0.25) is 0 Å². The van der Waals surface area contributed by atoms with Crippen molar-refractivity contribution < 1.29 is 23.5 Å². The molecular weight excluding hydrogens is 387 g/mol. The first kappa shape index (κ1) is 21.4. The van der Waals surface area contributed by atoms with Gasteiger partial charge in [0, 0.05) is 24.3 Å². The minimum absolute atomic E-state index is 0.110. The maximum atomic E-state index is 13.2. The molecular formula is C18H21N2O7P. The Labute approximate surface area is 162 Å². The molecule has 0 radical (unpaired) electrons. The second-order valence-corrected chi connectivity index (χ2v) is 8.11. The quantitative estimate of drug-likeness (QED) is 0.201. The number of benzene rings is 2. The molecule has 0 aliphatic heterocycles. The van der Waals surface area contributed by atoms with Crippen molar-refractivity contribution in [3.8, 4) is 11.5 Å². The number of unbranched alkanes of at least 4 members (excludes halogenated alkanes) is 3. The van der Waals surface area contributed by atoms with Gasteiger partial charge in [0.15, 0.2) is 0 Å². The predicted molar refractivity (Wildman–Crippen MR) is 104 cm³/mol. The lowest BCUT2D eigenvalue weighted by atomic mass is 10.2. The van der Waals surface area contributed by atoms with Crippen molar-refractivity contribution in [3.05, 3.63) is 68.8 Å². The van der Waals surface area contributed by atoms with E-state index in [1.165, 1.54) is 48.5 Å². The van der Waals surface area contributed by atoms with Crippen molar-refractivity contribution in [1.82, 2.24) is 0 Å². The van der Waals surface area contributed by atoms with Crippen molar-refractivity contribution in [2.75, 3.05) is 6.16 Å². The summed E-state index contributed by atoms with van der Waals surface area (Å²) in [6.45, 7) is 2.06. The van der Waals surface area contributed by atoms with Crippen LogP contribution in [-0.4, -0.2) is 16.0 Å². The third-order valence-electron chi connectivity index (χ3n) is 3.87. The normalized spacial score (nSPS) is 11.0. The highest BCUT2D eigenvalue weighted by Crippen LogP contribution is 2.49. The van der Waals surface area contributed by atoms with Crippen LogP contribution in [0, 0.1) is 20.2 Å². The Bertz CT molecular complexity index is 790. The smallest absolute Gasteiger partial charge is 0.416 e. The first-order chi connectivity index (χ1) is 13.3. The van der Waals surface area contributed by atoms with Crippen molar-refractivity contribution in [2.24, 2.45) is 0 Å². The van der Waals surface area contributed by atoms with Gasteiger partial charge in [0.25, 0.3) is 11.4 Å². The van der Waals surface area contributed by atoms with E-state index in [9.17, 15) is 24.8 Å². The molecule has 10 heteroatoms. The third-order valence-corrected chi connectivity index (χ3v) is 5.71. The topological polar surface area (TPSA) is 122 Å². The Kier molecular flexibility index (Phi) is 7.52. The summed E-state index contributed by atoms with van der Waals surface area (Å²) in [5.74, 6) is 0.373. The fourth-order valence-electron chi connectivity index (χ4n) is 2.42. The van der Waals surface area contributed by atoms with Gasteiger partial charge in [-0.05, 0) is 30.7 Å². The molecule has 0 saturated carbocycles. The van der Waals surface area contributed by atoms with E-state index < -0.39 is 17.4 Å². The van der Waals surface area contributed by atoms with Crippen LogP contribution in [0.3, 0.4) is 0 Å². The SMILES string of the molecule is CCCCCCP(=O)(Oc1ccc([N+](=O)[O-])cc1)Oc1ccc([N+](=O)[O-])cc1. The molecule has 0 atom stereocenters. The van der Waals surface area contributed by atoms with Crippen molar-refractivity contribution in [2.45, 2.75) is 32.6 Å². The summed E-state index contributed by atoms with van der Waals surface area (Å²) < 4.78 is 24.4. The van der Waals surface area contributed by atoms with Crippen LogP contribution in [-0.2, 0) is 4.57 Å². The molecule has 9 nitrogen and oxygen atoms in total. The average Bonchev–Trinajstić information content (AvgIpc) is 2.66. The third kappa shape index (κ3) is 6.35. The zero-order valence-corrected chi connectivity index (χ0v) is 16.2. The van der Waals surface area contributed by atoms with E-state index in [1.807, 2.05) is 0 Å². The van der Waals surface area contributed by atoms with Crippen molar-refractivity contribution in [1.29, 1.82) is 0 Å². The van der Waals surface area contributed by atoms with Crippen LogP contribution in [0.1, 0.15) is 32.6 Å². The molecule has 150 valence electrons. The highest BCUT2D eigenvalue weighted by molar-refractivity contribution is 7.54. The van der Waals surface area contributed by atoms with E-state index in [4.69, 9.17) is 9.05 Å². The minimum Gasteiger partial charge on any atom is -0.416 e. The highest BCUT2D eigenvalue weighted by Gasteiger charge is 2.28. The molecule has 2 aromatic rings. The van der Waals surface area contributed by atoms with E-state index in [0.717, 1.165) is 19.3 Å². The summed E-state index contributed by atoms with van der Waals surface area (Å²) >= 11 is 0. The maximum Gasteiger partial charge on any atom is 0.430 e. The van der Waals surface area contributed by atoms with Crippen molar-refractivity contribution >= 4 is 19.0 Å². The summed E-state index contributed by atoms with van der Waals surface area (Å²) in [6.07, 6.45) is 3.62. The number of nitro groups is 2. The number of nitrogens with zero attached hydrogens (tertiary/aromatic N) is 2. The summed E-state index contributed by atoms with van der Waals surface area (Å²) in [4.78, 5) is 20.4. The fraction of sp³-hybridized carbons (Fsp3) is 0.333. The Morgan fingerprint density at radius 2 is 1.21 bits per heavy atom. The standard InChI is InChI=1S/C18H21N2O7P/c1-2-3-4-5-14-28(25,26-17-10-6-15(7-11-17)19(21)22)27-18-12-8-16(9-13-18)20(23)24/h6-13H,2-5,14H2,1H3. The zero-order chi connectivity index (χ0) is 20.6. The molecule has 2 rings (SSSR count). The Morgan fingerprint density at radius 1 is 0.786 bits per heavy atom. The van der Waals surface area contributed by atoms with E-state index >= 15 is 0 Å². The summed E-state index contributed by atoms with van der Waals surface area (Å²) in [7, 11) is -3.62. The van der Waals surface area contributed by atoms with Gasteiger partial charge in [-0.1, -0.05) is 26.2 Å². The van der Waals surface area contributed by atoms with Crippen LogP contribution in [0.25, 0.3) is 0 Å². The molecule has 0 aliphatic carbocycles. The molecule has 0 heterocycles. The first-order valence-corrected chi connectivity index (χ1v) is 10.5. The molecule has 0 bridgehead atoms. The van der Waals surface area contributed by atoms with Crippen molar-refractivity contribution in [3.63, 3.8) is 0 Å². The van der Waals surface area contributed by atoms with Gasteiger partial charge in [-0.25, -0.2) is 4.57 Å². The van der Waals surface area contributed by atoms with E-state index in [-0.39, 0.29) is 29.0 Å². The molecule has 0 aliphatic rings. The molecule has 0 aromatic heterocycles. The molecule has 0 fully saturated rings. The van der Waals surface area contributed by atoms with Crippen LogP contribution < -0.4 is 9.05 Å². The predicted octanol–water partition coefficient (Wildman–Crippen LogP) is 5.73. The average molecular weight is 408 g/mol. The Balaban J connectivity index is 2.17. The number of rotatable bonds is 11. The maximum absolute atomic E-state index is 13.2. The Hall–Kier alpha value is -2.93. The van der Waals surface area contributed by atoms with Crippen LogP contribution in [0.4, 0.5) is 11.4 Å². The van der Waals surface area contributed by atoms with E-state index in [2.05, 4.69) is 6.92 Å². The van der Waals surface area contributed by atoms with Gasteiger partial charge >= 0.3 is 7.60 Å². The highest BCUT2D eigenvalue weighted by atomic mass is 31.2. The number of hydrogen-bond acceptors (Lipinski definition) is 7. The number of non-ortho nitro benzene ring substituents is 2. The van der Waals surface area contributed by atoms with Crippen LogP contribution in [0.15, 0.2) is 48.5 Å². The van der Waals surface area contributed by atoms with Crippen LogP contribution >= 0.6 is 7.60 Å². The number of hydrogen-bond donors (Lipinski definition) is 0.